The Kier molecular flexibility index (Phi) is 8.39. The molecule has 1 aliphatic rings. The maximum absolute atomic E-state index is 11.5. The van der Waals surface area contributed by atoms with Crippen molar-refractivity contribution in [2.24, 2.45) is 5.73 Å². The Morgan fingerprint density at radius 3 is 2.16 bits per heavy atom. The van der Waals surface area contributed by atoms with Crippen LogP contribution in [0.15, 0.2) is 0 Å². The molecule has 0 aromatic heterocycles. The summed E-state index contributed by atoms with van der Waals surface area (Å²) in [5.74, 6) is 0.227. The molecule has 112 valence electrons. The number of nitrogens with zero attached hydrogens (tertiary/aromatic N) is 1. The zero-order valence-electron chi connectivity index (χ0n) is 12.7. The molecule has 1 rings (SSSR count). The molecular weight excluding hydrogens is 244 g/mol. The molecule has 1 aliphatic heterocycles. The van der Waals surface area contributed by atoms with Gasteiger partial charge in [0.15, 0.2) is 0 Å². The fourth-order valence-electron chi connectivity index (χ4n) is 1.47. The average Bonchev–Trinajstić information content (AvgIpc) is 2.29. The van der Waals surface area contributed by atoms with E-state index in [1.165, 1.54) is 12.8 Å². The van der Waals surface area contributed by atoms with Gasteiger partial charge in [0.05, 0.1) is 0 Å². The number of carbonyl (C=O) groups is 2. The number of ketones is 1. The minimum Gasteiger partial charge on any atom is -0.444 e. The van der Waals surface area contributed by atoms with E-state index in [1.54, 1.807) is 4.90 Å². The predicted molar refractivity (Wildman–Crippen MR) is 76.0 cm³/mol. The SMILES string of the molecule is CC(C)(C)OC(=O)N1CCC(=O)CC1.CCCCN. The van der Waals surface area contributed by atoms with Crippen molar-refractivity contribution in [1.82, 2.24) is 4.90 Å². The van der Waals surface area contributed by atoms with E-state index in [4.69, 9.17) is 10.5 Å². The summed E-state index contributed by atoms with van der Waals surface area (Å²) in [6, 6.07) is 0. The number of unbranched alkanes of at least 4 members (excludes halogenated alkanes) is 1. The van der Waals surface area contributed by atoms with Gasteiger partial charge in [-0.25, -0.2) is 4.79 Å². The van der Waals surface area contributed by atoms with Crippen LogP contribution in [0, 0.1) is 0 Å². The summed E-state index contributed by atoms with van der Waals surface area (Å²) >= 11 is 0. The Labute approximate surface area is 116 Å². The second kappa shape index (κ2) is 8.91. The number of carbonyl (C=O) groups excluding carboxylic acids is 2. The number of Topliss-reactive ketones (excluding diaryl/α,β-unsaturated/α-hetero) is 1. The molecule has 1 saturated heterocycles. The Morgan fingerprint density at radius 2 is 1.84 bits per heavy atom. The maximum Gasteiger partial charge on any atom is 0.410 e. The van der Waals surface area contributed by atoms with Crippen LogP contribution in [0.25, 0.3) is 0 Å². The van der Waals surface area contributed by atoms with Crippen LogP contribution in [-0.4, -0.2) is 42.0 Å². The van der Waals surface area contributed by atoms with Crippen molar-refractivity contribution in [3.05, 3.63) is 0 Å². The van der Waals surface area contributed by atoms with E-state index in [2.05, 4.69) is 6.92 Å². The molecule has 1 amide bonds. The molecule has 0 atom stereocenters. The first kappa shape index (κ1) is 17.9. The van der Waals surface area contributed by atoms with Crippen molar-refractivity contribution >= 4 is 11.9 Å². The zero-order chi connectivity index (χ0) is 14.9. The highest BCUT2D eigenvalue weighted by molar-refractivity contribution is 5.81. The number of ether oxygens (including phenoxy) is 1. The molecule has 5 nitrogen and oxygen atoms in total. The van der Waals surface area contributed by atoms with E-state index in [0.29, 0.717) is 25.9 Å². The molecule has 0 saturated carbocycles. The number of piperidine rings is 1. The Balaban J connectivity index is 0.000000555. The third kappa shape index (κ3) is 9.47. The van der Waals surface area contributed by atoms with Gasteiger partial charge in [0, 0.05) is 25.9 Å². The van der Waals surface area contributed by atoms with Crippen molar-refractivity contribution in [2.45, 2.75) is 59.0 Å². The largest absolute Gasteiger partial charge is 0.444 e. The molecule has 0 aromatic carbocycles. The predicted octanol–water partition coefficient (Wildman–Crippen LogP) is 2.33. The summed E-state index contributed by atoms with van der Waals surface area (Å²) in [4.78, 5) is 24.0. The van der Waals surface area contributed by atoms with Crippen LogP contribution in [0.3, 0.4) is 0 Å². The molecule has 0 aliphatic carbocycles. The normalized spacial score (nSPS) is 15.6. The van der Waals surface area contributed by atoms with Crippen molar-refractivity contribution in [2.75, 3.05) is 19.6 Å². The van der Waals surface area contributed by atoms with Crippen LogP contribution in [0.2, 0.25) is 0 Å². The number of hydrogen-bond acceptors (Lipinski definition) is 4. The minimum atomic E-state index is -0.460. The Hall–Kier alpha value is -1.10. The molecule has 1 fully saturated rings. The van der Waals surface area contributed by atoms with Gasteiger partial charge < -0.3 is 15.4 Å². The van der Waals surface area contributed by atoms with Crippen LogP contribution >= 0.6 is 0 Å². The minimum absolute atomic E-state index is 0.227. The van der Waals surface area contributed by atoms with Gasteiger partial charge in [-0.15, -0.1) is 0 Å². The summed E-state index contributed by atoms with van der Waals surface area (Å²) in [5, 5.41) is 0. The van der Waals surface area contributed by atoms with E-state index in [-0.39, 0.29) is 11.9 Å². The first-order valence-electron chi connectivity index (χ1n) is 7.00. The molecule has 5 heteroatoms. The van der Waals surface area contributed by atoms with Gasteiger partial charge in [-0.3, -0.25) is 4.79 Å². The van der Waals surface area contributed by atoms with E-state index < -0.39 is 5.60 Å². The lowest BCUT2D eigenvalue weighted by Crippen LogP contribution is -2.41. The van der Waals surface area contributed by atoms with Gasteiger partial charge >= 0.3 is 6.09 Å². The van der Waals surface area contributed by atoms with E-state index in [0.717, 1.165) is 6.54 Å². The molecular formula is C14H28N2O3. The topological polar surface area (TPSA) is 72.6 Å². The number of likely N-dealkylation sites (tertiary alicyclic amines) is 1. The summed E-state index contributed by atoms with van der Waals surface area (Å²) in [5.41, 5.74) is 4.68. The lowest BCUT2D eigenvalue weighted by Gasteiger charge is -2.29. The van der Waals surface area contributed by atoms with Gasteiger partial charge in [-0.1, -0.05) is 13.3 Å². The second-order valence-electron chi connectivity index (χ2n) is 5.65. The van der Waals surface area contributed by atoms with E-state index in [9.17, 15) is 9.59 Å². The summed E-state index contributed by atoms with van der Waals surface area (Å²) in [6.45, 7) is 9.46. The number of hydrogen-bond donors (Lipinski definition) is 1. The van der Waals surface area contributed by atoms with Gasteiger partial charge in [0.25, 0.3) is 0 Å². The highest BCUT2D eigenvalue weighted by atomic mass is 16.6. The monoisotopic (exact) mass is 272 g/mol. The summed E-state index contributed by atoms with van der Waals surface area (Å²) < 4.78 is 5.19. The quantitative estimate of drug-likeness (QED) is 0.837. The standard InChI is InChI=1S/C10H17NO3.C4H11N/c1-10(2,3)14-9(13)11-6-4-8(12)5-7-11;1-2-3-4-5/h4-7H2,1-3H3;2-5H2,1H3. The van der Waals surface area contributed by atoms with Crippen molar-refractivity contribution in [1.29, 1.82) is 0 Å². The van der Waals surface area contributed by atoms with Gasteiger partial charge in [0.2, 0.25) is 0 Å². The number of rotatable bonds is 2. The van der Waals surface area contributed by atoms with Crippen LogP contribution in [0.1, 0.15) is 53.4 Å². The first-order chi connectivity index (χ1) is 8.80. The molecule has 1 heterocycles. The molecule has 0 aromatic rings. The van der Waals surface area contributed by atoms with E-state index >= 15 is 0 Å². The fourth-order valence-corrected chi connectivity index (χ4v) is 1.47. The molecule has 19 heavy (non-hydrogen) atoms. The smallest absolute Gasteiger partial charge is 0.410 e. The lowest BCUT2D eigenvalue weighted by atomic mass is 10.1. The van der Waals surface area contributed by atoms with Crippen molar-refractivity contribution in [3.8, 4) is 0 Å². The zero-order valence-corrected chi connectivity index (χ0v) is 12.7. The van der Waals surface area contributed by atoms with Gasteiger partial charge in [-0.2, -0.15) is 0 Å². The maximum atomic E-state index is 11.5. The van der Waals surface area contributed by atoms with Crippen LogP contribution in [-0.2, 0) is 9.53 Å². The Bertz CT molecular complexity index is 273. The van der Waals surface area contributed by atoms with Crippen molar-refractivity contribution < 1.29 is 14.3 Å². The third-order valence-electron chi connectivity index (χ3n) is 2.53. The third-order valence-corrected chi connectivity index (χ3v) is 2.53. The summed E-state index contributed by atoms with van der Waals surface area (Å²) in [7, 11) is 0. The number of amides is 1. The molecule has 0 spiro atoms. The first-order valence-corrected chi connectivity index (χ1v) is 7.00. The van der Waals surface area contributed by atoms with Crippen LogP contribution in [0.5, 0.6) is 0 Å². The highest BCUT2D eigenvalue weighted by Gasteiger charge is 2.25. The van der Waals surface area contributed by atoms with Crippen LogP contribution < -0.4 is 5.73 Å². The van der Waals surface area contributed by atoms with Crippen molar-refractivity contribution in [3.63, 3.8) is 0 Å². The summed E-state index contributed by atoms with van der Waals surface area (Å²) in [6.07, 6.45) is 2.99. The average molecular weight is 272 g/mol. The molecule has 0 bridgehead atoms. The lowest BCUT2D eigenvalue weighted by molar-refractivity contribution is -0.121. The second-order valence-corrected chi connectivity index (χ2v) is 5.65. The molecule has 0 radical (unpaired) electrons. The van der Waals surface area contributed by atoms with Crippen LogP contribution in [0.4, 0.5) is 4.79 Å². The fraction of sp³-hybridized carbons (Fsp3) is 0.857. The molecule has 0 unspecified atom stereocenters. The Morgan fingerprint density at radius 1 is 1.32 bits per heavy atom. The van der Waals surface area contributed by atoms with E-state index in [1.807, 2.05) is 20.8 Å². The molecule has 2 N–H and O–H groups in total. The van der Waals surface area contributed by atoms with Gasteiger partial charge in [-0.05, 0) is 33.7 Å². The van der Waals surface area contributed by atoms with Gasteiger partial charge in [0.1, 0.15) is 11.4 Å². The number of nitrogens with two attached hydrogens (primary N) is 1. The highest BCUT2D eigenvalue weighted by Crippen LogP contribution is 2.13.